The molecular formula is C16H19V-. The van der Waals surface area contributed by atoms with Crippen LogP contribution in [0.3, 0.4) is 0 Å². The second-order valence-corrected chi connectivity index (χ2v) is 3.56. The topological polar surface area (TPSA) is 0 Å². The van der Waals surface area contributed by atoms with Crippen molar-refractivity contribution in [3.63, 3.8) is 0 Å². The third-order valence-corrected chi connectivity index (χ3v) is 2.34. The Kier molecular flexibility index (Phi) is 7.53. The van der Waals surface area contributed by atoms with E-state index in [1.807, 2.05) is 26.0 Å². The van der Waals surface area contributed by atoms with Gasteiger partial charge in [-0.2, -0.15) is 24.6 Å². The smallest absolute Gasteiger partial charge is 0 e. The molecule has 0 fully saturated rings. The van der Waals surface area contributed by atoms with Crippen molar-refractivity contribution in [1.29, 1.82) is 0 Å². The number of benzene rings is 2. The van der Waals surface area contributed by atoms with Crippen LogP contribution in [0, 0.1) is 13.8 Å². The van der Waals surface area contributed by atoms with Crippen LogP contribution in [0.5, 0.6) is 0 Å². The standard InChI is InChI=1S/C14H13.C2H6.V/c1-11-3-7-13(8-4-11)14-9-5-12(2)6-10-14;1-2;/h3-10H,1H2,2H3;1-2H3;/q-1;;. The van der Waals surface area contributed by atoms with E-state index in [4.69, 9.17) is 0 Å². The summed E-state index contributed by atoms with van der Waals surface area (Å²) < 4.78 is 0. The molecule has 0 N–H and O–H groups in total. The molecule has 1 heteroatoms. The van der Waals surface area contributed by atoms with E-state index < -0.39 is 0 Å². The van der Waals surface area contributed by atoms with Gasteiger partial charge in [-0.1, -0.05) is 43.7 Å². The first kappa shape index (κ1) is 15.9. The van der Waals surface area contributed by atoms with E-state index in [1.165, 1.54) is 16.7 Å². The zero-order chi connectivity index (χ0) is 12.0. The zero-order valence-corrected chi connectivity index (χ0v) is 12.2. The van der Waals surface area contributed by atoms with Gasteiger partial charge in [-0.3, -0.25) is 0 Å². The average Bonchev–Trinajstić information content (AvgIpc) is 2.34. The van der Waals surface area contributed by atoms with Crippen LogP contribution < -0.4 is 0 Å². The van der Waals surface area contributed by atoms with Crippen molar-refractivity contribution >= 4 is 0 Å². The van der Waals surface area contributed by atoms with Crippen molar-refractivity contribution in [2.75, 3.05) is 0 Å². The van der Waals surface area contributed by atoms with Crippen LogP contribution >= 0.6 is 0 Å². The molecule has 2 rings (SSSR count). The molecule has 0 saturated heterocycles. The molecule has 0 saturated carbocycles. The Bertz CT molecular complexity index is 369. The Balaban J connectivity index is 0.000000811. The van der Waals surface area contributed by atoms with Gasteiger partial charge in [0.15, 0.2) is 0 Å². The van der Waals surface area contributed by atoms with E-state index in [-0.39, 0.29) is 18.6 Å². The van der Waals surface area contributed by atoms with Crippen molar-refractivity contribution in [2.45, 2.75) is 20.8 Å². The van der Waals surface area contributed by atoms with Gasteiger partial charge in [0.1, 0.15) is 0 Å². The van der Waals surface area contributed by atoms with Gasteiger partial charge < -0.3 is 0 Å². The van der Waals surface area contributed by atoms with E-state index in [2.05, 4.69) is 50.2 Å². The van der Waals surface area contributed by atoms with Crippen LogP contribution in [0.15, 0.2) is 48.5 Å². The molecule has 1 radical (unpaired) electrons. The van der Waals surface area contributed by atoms with Gasteiger partial charge in [0.25, 0.3) is 0 Å². The van der Waals surface area contributed by atoms with Gasteiger partial charge in [0, 0.05) is 18.6 Å². The summed E-state index contributed by atoms with van der Waals surface area (Å²) in [7, 11) is 0. The molecule has 0 aromatic heterocycles. The van der Waals surface area contributed by atoms with Crippen LogP contribution in [-0.4, -0.2) is 0 Å². The summed E-state index contributed by atoms with van der Waals surface area (Å²) in [5.41, 5.74) is 4.86. The third kappa shape index (κ3) is 4.72. The Labute approximate surface area is 117 Å². The van der Waals surface area contributed by atoms with E-state index in [0.29, 0.717) is 0 Å². The minimum absolute atomic E-state index is 0. The maximum absolute atomic E-state index is 3.87. The molecule has 0 amide bonds. The zero-order valence-electron chi connectivity index (χ0n) is 10.8. The van der Waals surface area contributed by atoms with Crippen LogP contribution in [0.2, 0.25) is 0 Å². The summed E-state index contributed by atoms with van der Waals surface area (Å²) in [4.78, 5) is 0. The van der Waals surface area contributed by atoms with Crippen LogP contribution in [0.4, 0.5) is 0 Å². The predicted octanol–water partition coefficient (Wildman–Crippen LogP) is 4.87. The largest absolute Gasteiger partial charge is 0.199 e. The summed E-state index contributed by atoms with van der Waals surface area (Å²) in [5, 5.41) is 0. The van der Waals surface area contributed by atoms with Crippen molar-refractivity contribution in [3.8, 4) is 11.1 Å². The fraction of sp³-hybridized carbons (Fsp3) is 0.188. The molecule has 0 aliphatic heterocycles. The van der Waals surface area contributed by atoms with Crippen LogP contribution in [0.25, 0.3) is 11.1 Å². The first-order valence-electron chi connectivity index (χ1n) is 5.75. The van der Waals surface area contributed by atoms with Crippen molar-refractivity contribution in [2.24, 2.45) is 0 Å². The molecular weight excluding hydrogens is 243 g/mol. The van der Waals surface area contributed by atoms with E-state index in [1.54, 1.807) is 0 Å². The molecule has 0 heterocycles. The summed E-state index contributed by atoms with van der Waals surface area (Å²) in [6, 6.07) is 16.8. The van der Waals surface area contributed by atoms with Gasteiger partial charge in [-0.15, -0.1) is 12.1 Å². The molecule has 0 nitrogen and oxygen atoms in total. The molecule has 0 atom stereocenters. The molecule has 0 bridgehead atoms. The fourth-order valence-corrected chi connectivity index (χ4v) is 1.44. The van der Waals surface area contributed by atoms with Gasteiger partial charge in [-0.25, -0.2) is 0 Å². The van der Waals surface area contributed by atoms with Crippen molar-refractivity contribution in [1.82, 2.24) is 0 Å². The quantitative estimate of drug-likeness (QED) is 0.643. The summed E-state index contributed by atoms with van der Waals surface area (Å²) in [5.74, 6) is 0. The molecule has 0 aliphatic carbocycles. The second-order valence-electron chi connectivity index (χ2n) is 3.56. The molecule has 0 aliphatic rings. The van der Waals surface area contributed by atoms with Gasteiger partial charge >= 0.3 is 0 Å². The predicted molar refractivity (Wildman–Crippen MR) is 72.4 cm³/mol. The van der Waals surface area contributed by atoms with Crippen molar-refractivity contribution < 1.29 is 18.6 Å². The maximum Gasteiger partial charge on any atom is 0 e. The fourth-order valence-electron chi connectivity index (χ4n) is 1.44. The Morgan fingerprint density at radius 3 is 1.47 bits per heavy atom. The average molecular weight is 262 g/mol. The SMILES string of the molecule is CC.[CH2-]c1ccc(-c2ccc(C)cc2)cc1.[V]. The summed E-state index contributed by atoms with van der Waals surface area (Å²) >= 11 is 0. The molecule has 89 valence electrons. The van der Waals surface area contributed by atoms with Crippen LogP contribution in [0.1, 0.15) is 25.0 Å². The molecule has 2 aromatic carbocycles. The number of hydrogen-bond acceptors (Lipinski definition) is 0. The second kappa shape index (κ2) is 8.05. The van der Waals surface area contributed by atoms with Gasteiger partial charge in [0.05, 0.1) is 0 Å². The summed E-state index contributed by atoms with van der Waals surface area (Å²) in [6.07, 6.45) is 0. The minimum atomic E-state index is 0. The first-order valence-corrected chi connectivity index (χ1v) is 5.75. The molecule has 2 aromatic rings. The van der Waals surface area contributed by atoms with Gasteiger partial charge in [0.2, 0.25) is 0 Å². The van der Waals surface area contributed by atoms with E-state index >= 15 is 0 Å². The number of hydrogen-bond donors (Lipinski definition) is 0. The Hall–Kier alpha value is -1.11. The first-order chi connectivity index (χ1) is 7.75. The maximum atomic E-state index is 3.87. The van der Waals surface area contributed by atoms with E-state index in [0.717, 1.165) is 5.56 Å². The Morgan fingerprint density at radius 2 is 1.06 bits per heavy atom. The normalized spacial score (nSPS) is 8.65. The Morgan fingerprint density at radius 1 is 0.706 bits per heavy atom. The molecule has 0 spiro atoms. The molecule has 17 heavy (non-hydrogen) atoms. The van der Waals surface area contributed by atoms with Crippen LogP contribution in [-0.2, 0) is 18.6 Å². The van der Waals surface area contributed by atoms with Gasteiger partial charge in [-0.05, 0) is 18.1 Å². The number of rotatable bonds is 1. The van der Waals surface area contributed by atoms with E-state index in [9.17, 15) is 0 Å². The number of aryl methyl sites for hydroxylation is 1. The summed E-state index contributed by atoms with van der Waals surface area (Å²) in [6.45, 7) is 9.97. The third-order valence-electron chi connectivity index (χ3n) is 2.34. The van der Waals surface area contributed by atoms with Crippen molar-refractivity contribution in [3.05, 3.63) is 66.6 Å². The molecule has 0 unspecified atom stereocenters. The minimum Gasteiger partial charge on any atom is -0.199 e. The monoisotopic (exact) mass is 262 g/mol.